The molecule has 0 spiro atoms. The maximum atomic E-state index is 13.6. The zero-order valence-electron chi connectivity index (χ0n) is 23.2. The first-order chi connectivity index (χ1) is 17.5. The Balaban J connectivity index is 2.24. The molecule has 0 unspecified atom stereocenters. The fourth-order valence-corrected chi connectivity index (χ4v) is 5.38. The number of aryl methyl sites for hydroxylation is 3. The number of rotatable bonds is 14. The molecule has 0 aliphatic heterocycles. The Labute approximate surface area is 223 Å². The number of carbonyl (C=O) groups is 2. The van der Waals surface area contributed by atoms with E-state index in [1.54, 1.807) is 4.90 Å². The lowest BCUT2D eigenvalue weighted by Gasteiger charge is -2.31. The molecule has 2 rings (SSSR count). The third-order valence-corrected chi connectivity index (χ3v) is 7.78. The van der Waals surface area contributed by atoms with Crippen LogP contribution in [0.4, 0.5) is 5.69 Å². The molecule has 8 heteroatoms. The van der Waals surface area contributed by atoms with Crippen molar-refractivity contribution in [1.29, 1.82) is 0 Å². The van der Waals surface area contributed by atoms with Crippen LogP contribution in [0.3, 0.4) is 0 Å². The van der Waals surface area contributed by atoms with Crippen molar-refractivity contribution < 1.29 is 18.0 Å². The Morgan fingerprint density at radius 2 is 1.68 bits per heavy atom. The molecular formula is C29H43N3O4S. The number of benzene rings is 2. The van der Waals surface area contributed by atoms with Gasteiger partial charge in [-0.15, -0.1) is 0 Å². The minimum atomic E-state index is -3.53. The molecule has 7 nitrogen and oxygen atoms in total. The summed E-state index contributed by atoms with van der Waals surface area (Å²) in [6.07, 6.45) is 4.02. The van der Waals surface area contributed by atoms with Crippen LogP contribution in [0.1, 0.15) is 68.2 Å². The summed E-state index contributed by atoms with van der Waals surface area (Å²) in [7, 11) is -3.53. The fourth-order valence-electron chi connectivity index (χ4n) is 4.37. The van der Waals surface area contributed by atoms with E-state index < -0.39 is 16.1 Å². The molecule has 0 saturated carbocycles. The zero-order chi connectivity index (χ0) is 27.6. The van der Waals surface area contributed by atoms with E-state index >= 15 is 0 Å². The van der Waals surface area contributed by atoms with Gasteiger partial charge in [-0.2, -0.15) is 0 Å². The maximum Gasteiger partial charge on any atom is 0.242 e. The van der Waals surface area contributed by atoms with Crippen molar-refractivity contribution in [3.63, 3.8) is 0 Å². The van der Waals surface area contributed by atoms with Gasteiger partial charge < -0.3 is 10.2 Å². The first kappa shape index (κ1) is 30.4. The lowest BCUT2D eigenvalue weighted by Crippen LogP contribution is -2.49. The van der Waals surface area contributed by atoms with Crippen LogP contribution in [-0.4, -0.2) is 50.5 Å². The van der Waals surface area contributed by atoms with E-state index in [9.17, 15) is 18.0 Å². The standard InChI is InChI=1S/C29H43N3O4S/c1-7-9-18-30-29(34)26(8-2)31(21-25-14-11-10-13-23(25)4)28(33)15-12-19-32(37(6,35)36)27-20-22(3)16-17-24(27)5/h10-11,13-14,16-17,20,26H,7-9,12,15,18-19,21H2,1-6H3,(H,30,34)/t26-/m1/s1. The van der Waals surface area contributed by atoms with Crippen LogP contribution in [0.25, 0.3) is 0 Å². The van der Waals surface area contributed by atoms with Crippen molar-refractivity contribution in [2.75, 3.05) is 23.7 Å². The number of unbranched alkanes of at least 4 members (excludes halogenated alkanes) is 1. The second kappa shape index (κ2) is 14.2. The molecule has 2 amide bonds. The van der Waals surface area contributed by atoms with E-state index in [2.05, 4.69) is 12.2 Å². The summed E-state index contributed by atoms with van der Waals surface area (Å²) in [6, 6.07) is 13.0. The van der Waals surface area contributed by atoms with Crippen LogP contribution >= 0.6 is 0 Å². The molecule has 0 saturated heterocycles. The molecule has 0 fully saturated rings. The minimum Gasteiger partial charge on any atom is -0.354 e. The van der Waals surface area contributed by atoms with Gasteiger partial charge in [0.1, 0.15) is 6.04 Å². The highest BCUT2D eigenvalue weighted by Gasteiger charge is 2.29. The summed E-state index contributed by atoms with van der Waals surface area (Å²) in [5, 5.41) is 2.98. The monoisotopic (exact) mass is 529 g/mol. The van der Waals surface area contributed by atoms with Crippen molar-refractivity contribution in [3.05, 3.63) is 64.7 Å². The number of anilines is 1. The largest absolute Gasteiger partial charge is 0.354 e. The second-order valence-electron chi connectivity index (χ2n) is 9.75. The number of amides is 2. The first-order valence-electron chi connectivity index (χ1n) is 13.2. The predicted octanol–water partition coefficient (Wildman–Crippen LogP) is 4.88. The van der Waals surface area contributed by atoms with E-state index in [1.165, 1.54) is 10.6 Å². The maximum absolute atomic E-state index is 13.6. The van der Waals surface area contributed by atoms with E-state index in [0.717, 1.165) is 35.1 Å². The van der Waals surface area contributed by atoms with Gasteiger partial charge in [0.2, 0.25) is 21.8 Å². The quantitative estimate of drug-likeness (QED) is 0.353. The molecule has 1 atom stereocenters. The van der Waals surface area contributed by atoms with Crippen molar-refractivity contribution in [2.24, 2.45) is 0 Å². The molecule has 2 aromatic rings. The van der Waals surface area contributed by atoms with Gasteiger partial charge in [0.05, 0.1) is 11.9 Å². The summed E-state index contributed by atoms with van der Waals surface area (Å²) >= 11 is 0. The molecule has 0 aliphatic carbocycles. The van der Waals surface area contributed by atoms with Crippen LogP contribution < -0.4 is 9.62 Å². The molecule has 204 valence electrons. The highest BCUT2D eigenvalue weighted by molar-refractivity contribution is 7.92. The zero-order valence-corrected chi connectivity index (χ0v) is 24.0. The number of nitrogens with one attached hydrogen (secondary N) is 1. The highest BCUT2D eigenvalue weighted by atomic mass is 32.2. The van der Waals surface area contributed by atoms with Gasteiger partial charge in [-0.25, -0.2) is 8.42 Å². The van der Waals surface area contributed by atoms with Crippen LogP contribution in [0.15, 0.2) is 42.5 Å². The average molecular weight is 530 g/mol. The summed E-state index contributed by atoms with van der Waals surface area (Å²) in [4.78, 5) is 28.3. The predicted molar refractivity (Wildman–Crippen MR) is 151 cm³/mol. The summed E-state index contributed by atoms with van der Waals surface area (Å²) in [6.45, 7) is 10.9. The Morgan fingerprint density at radius 3 is 2.30 bits per heavy atom. The molecule has 37 heavy (non-hydrogen) atoms. The van der Waals surface area contributed by atoms with Gasteiger partial charge in [-0.3, -0.25) is 13.9 Å². The number of sulfonamides is 1. The SMILES string of the molecule is CCCCNC(=O)[C@@H](CC)N(Cc1ccccc1C)C(=O)CCCN(c1cc(C)ccc1C)S(C)(=O)=O. The molecule has 0 radical (unpaired) electrons. The first-order valence-corrected chi connectivity index (χ1v) is 15.0. The third-order valence-electron chi connectivity index (χ3n) is 6.60. The van der Waals surface area contributed by atoms with Gasteiger partial charge in [-0.1, -0.05) is 56.7 Å². The van der Waals surface area contributed by atoms with Gasteiger partial charge >= 0.3 is 0 Å². The van der Waals surface area contributed by atoms with Crippen molar-refractivity contribution in [2.45, 2.75) is 79.3 Å². The van der Waals surface area contributed by atoms with Crippen LogP contribution in [0.5, 0.6) is 0 Å². The van der Waals surface area contributed by atoms with Crippen molar-refractivity contribution >= 4 is 27.5 Å². The second-order valence-corrected chi connectivity index (χ2v) is 11.7. The molecule has 2 aromatic carbocycles. The van der Waals surface area contributed by atoms with Crippen LogP contribution in [0.2, 0.25) is 0 Å². The number of nitrogens with zero attached hydrogens (tertiary/aromatic N) is 2. The summed E-state index contributed by atoms with van der Waals surface area (Å²) in [5.41, 5.74) is 4.50. The fraction of sp³-hybridized carbons (Fsp3) is 0.517. The molecule has 1 N–H and O–H groups in total. The summed E-state index contributed by atoms with van der Waals surface area (Å²) < 4.78 is 26.6. The number of hydrogen-bond donors (Lipinski definition) is 1. The minimum absolute atomic E-state index is 0.140. The van der Waals surface area contributed by atoms with Crippen LogP contribution in [0, 0.1) is 20.8 Å². The number of hydrogen-bond acceptors (Lipinski definition) is 4. The van der Waals surface area contributed by atoms with Crippen molar-refractivity contribution in [1.82, 2.24) is 10.2 Å². The normalized spacial score (nSPS) is 12.2. The highest BCUT2D eigenvalue weighted by Crippen LogP contribution is 2.25. The molecule has 0 aromatic heterocycles. The van der Waals surface area contributed by atoms with Crippen molar-refractivity contribution in [3.8, 4) is 0 Å². The Hall–Kier alpha value is -2.87. The lowest BCUT2D eigenvalue weighted by atomic mass is 10.0. The molecular weight excluding hydrogens is 486 g/mol. The van der Waals surface area contributed by atoms with Gasteiger partial charge in [-0.05, 0) is 68.4 Å². The lowest BCUT2D eigenvalue weighted by molar-refractivity contribution is -0.141. The van der Waals surface area contributed by atoms with Gasteiger partial charge in [0, 0.05) is 26.1 Å². The van der Waals surface area contributed by atoms with E-state index in [1.807, 2.05) is 70.2 Å². The topological polar surface area (TPSA) is 86.8 Å². The Morgan fingerprint density at radius 1 is 0.973 bits per heavy atom. The third kappa shape index (κ3) is 8.88. The van der Waals surface area contributed by atoms with Gasteiger partial charge in [0.15, 0.2) is 0 Å². The molecule has 0 bridgehead atoms. The average Bonchev–Trinajstić information content (AvgIpc) is 2.84. The smallest absolute Gasteiger partial charge is 0.242 e. The van der Waals surface area contributed by atoms with Crippen LogP contribution in [-0.2, 0) is 26.2 Å². The summed E-state index contributed by atoms with van der Waals surface area (Å²) in [5.74, 6) is -0.304. The van der Waals surface area contributed by atoms with E-state index in [0.29, 0.717) is 31.6 Å². The molecule has 0 aliphatic rings. The molecule has 0 heterocycles. The van der Waals surface area contributed by atoms with E-state index in [-0.39, 0.29) is 24.8 Å². The Kier molecular flexibility index (Phi) is 11.6. The Bertz CT molecular complexity index is 1160. The van der Waals surface area contributed by atoms with Gasteiger partial charge in [0.25, 0.3) is 0 Å². The van der Waals surface area contributed by atoms with E-state index in [4.69, 9.17) is 0 Å². The number of carbonyl (C=O) groups excluding carboxylic acids is 2.